The first kappa shape index (κ1) is 17.7. The molecule has 2 atom stereocenters. The standard InChI is InChI=1S/C27H30N/c1-3-27(4-2)19-28-25-13-9-8-12-21(25)15-17-26(28)23-16-14-22(18-24(23)27)20-10-6-5-7-11-20/h6,8-18,23-24H,3-5,7,19H2,1-2H3/q+1. The van der Waals surface area contributed by atoms with Crippen molar-refractivity contribution >= 4 is 10.9 Å². The van der Waals surface area contributed by atoms with Crippen LogP contribution in [-0.4, -0.2) is 0 Å². The molecule has 142 valence electrons. The highest BCUT2D eigenvalue weighted by Gasteiger charge is 2.50. The van der Waals surface area contributed by atoms with Crippen LogP contribution in [-0.2, 0) is 6.54 Å². The van der Waals surface area contributed by atoms with Gasteiger partial charge in [-0.15, -0.1) is 0 Å². The third kappa shape index (κ3) is 2.64. The first-order valence-electron chi connectivity index (χ1n) is 10.9. The maximum absolute atomic E-state index is 2.62. The van der Waals surface area contributed by atoms with Crippen molar-refractivity contribution in [1.82, 2.24) is 0 Å². The number of para-hydroxylation sites is 1. The number of aromatic nitrogens is 1. The molecule has 5 rings (SSSR count). The van der Waals surface area contributed by atoms with Crippen molar-refractivity contribution in [3.63, 3.8) is 0 Å². The van der Waals surface area contributed by atoms with Gasteiger partial charge in [-0.1, -0.05) is 62.4 Å². The number of pyridine rings is 1. The van der Waals surface area contributed by atoms with Gasteiger partial charge in [-0.3, -0.25) is 0 Å². The third-order valence-corrected chi connectivity index (χ3v) is 7.46. The third-order valence-electron chi connectivity index (χ3n) is 7.46. The molecule has 0 bridgehead atoms. The van der Waals surface area contributed by atoms with Gasteiger partial charge in [-0.25, -0.2) is 0 Å². The lowest BCUT2D eigenvalue weighted by Gasteiger charge is -2.44. The summed E-state index contributed by atoms with van der Waals surface area (Å²) in [6.07, 6.45) is 19.3. The fraction of sp³-hybridized carbons (Fsp3) is 0.370. The summed E-state index contributed by atoms with van der Waals surface area (Å²) < 4.78 is 2.62. The Morgan fingerprint density at radius 2 is 1.82 bits per heavy atom. The highest BCUT2D eigenvalue weighted by molar-refractivity contribution is 5.75. The molecule has 0 fully saturated rings. The molecule has 2 unspecified atom stereocenters. The minimum atomic E-state index is 0.307. The largest absolute Gasteiger partial charge is 0.212 e. The van der Waals surface area contributed by atoms with Crippen LogP contribution < -0.4 is 4.57 Å². The van der Waals surface area contributed by atoms with E-state index in [-0.39, 0.29) is 0 Å². The van der Waals surface area contributed by atoms with Gasteiger partial charge < -0.3 is 0 Å². The highest BCUT2D eigenvalue weighted by Crippen LogP contribution is 2.50. The summed E-state index contributed by atoms with van der Waals surface area (Å²) >= 11 is 0. The SMILES string of the molecule is CCC1(CC)C[n+]2c(ccc3ccccc32)C2C=CC(C3=CCCC=C3)=CC21. The number of hydrogen-bond donors (Lipinski definition) is 0. The van der Waals surface area contributed by atoms with E-state index in [1.165, 1.54) is 53.4 Å². The van der Waals surface area contributed by atoms with E-state index < -0.39 is 0 Å². The Bertz CT molecular complexity index is 1030. The van der Waals surface area contributed by atoms with Gasteiger partial charge in [0, 0.05) is 28.9 Å². The van der Waals surface area contributed by atoms with Crippen LogP contribution in [0.15, 0.2) is 84.0 Å². The molecule has 0 spiro atoms. The Morgan fingerprint density at radius 1 is 0.964 bits per heavy atom. The zero-order valence-corrected chi connectivity index (χ0v) is 17.1. The number of allylic oxidation sites excluding steroid dienone is 8. The van der Waals surface area contributed by atoms with Crippen molar-refractivity contribution in [2.24, 2.45) is 11.3 Å². The van der Waals surface area contributed by atoms with Crippen LogP contribution in [0.4, 0.5) is 0 Å². The second kappa shape index (κ2) is 6.88. The van der Waals surface area contributed by atoms with Crippen LogP contribution in [0.3, 0.4) is 0 Å². The van der Waals surface area contributed by atoms with Crippen LogP contribution in [0.25, 0.3) is 10.9 Å². The molecule has 1 heteroatoms. The van der Waals surface area contributed by atoms with E-state index in [0.29, 0.717) is 17.3 Å². The summed E-state index contributed by atoms with van der Waals surface area (Å²) in [6.45, 7) is 5.90. The predicted octanol–water partition coefficient (Wildman–Crippen LogP) is 6.42. The van der Waals surface area contributed by atoms with Gasteiger partial charge >= 0.3 is 0 Å². The van der Waals surface area contributed by atoms with Crippen molar-refractivity contribution < 1.29 is 4.57 Å². The van der Waals surface area contributed by atoms with Gasteiger partial charge in [0.15, 0.2) is 12.2 Å². The molecular formula is C27H30N+. The van der Waals surface area contributed by atoms with Gasteiger partial charge in [0.2, 0.25) is 5.52 Å². The van der Waals surface area contributed by atoms with Crippen LogP contribution in [0.1, 0.15) is 51.1 Å². The van der Waals surface area contributed by atoms with E-state index in [1.807, 2.05) is 0 Å². The second-order valence-corrected chi connectivity index (χ2v) is 8.64. The molecule has 0 N–H and O–H groups in total. The van der Waals surface area contributed by atoms with Crippen molar-refractivity contribution in [3.05, 3.63) is 89.7 Å². The normalized spacial score (nSPS) is 25.1. The molecular weight excluding hydrogens is 338 g/mol. The molecule has 28 heavy (non-hydrogen) atoms. The van der Waals surface area contributed by atoms with E-state index in [1.54, 1.807) is 0 Å². The number of fused-ring (bicyclic) bond motifs is 5. The lowest BCUT2D eigenvalue weighted by Crippen LogP contribution is -2.56. The van der Waals surface area contributed by atoms with E-state index in [9.17, 15) is 0 Å². The van der Waals surface area contributed by atoms with Crippen molar-refractivity contribution in [2.45, 2.75) is 52.0 Å². The molecule has 2 heterocycles. The molecule has 0 saturated heterocycles. The van der Waals surface area contributed by atoms with Gasteiger partial charge in [-0.2, -0.15) is 4.57 Å². The zero-order valence-electron chi connectivity index (χ0n) is 17.1. The van der Waals surface area contributed by atoms with Crippen molar-refractivity contribution in [1.29, 1.82) is 0 Å². The fourth-order valence-electron chi connectivity index (χ4n) is 5.65. The van der Waals surface area contributed by atoms with Crippen LogP contribution in [0.5, 0.6) is 0 Å². The Hall–Kier alpha value is -2.41. The lowest BCUT2D eigenvalue weighted by atomic mass is 9.61. The maximum Gasteiger partial charge on any atom is 0.212 e. The van der Waals surface area contributed by atoms with E-state index in [4.69, 9.17) is 0 Å². The predicted molar refractivity (Wildman–Crippen MR) is 117 cm³/mol. The Kier molecular flexibility index (Phi) is 4.34. The summed E-state index contributed by atoms with van der Waals surface area (Å²) in [5.74, 6) is 1.04. The summed E-state index contributed by atoms with van der Waals surface area (Å²) in [6, 6.07) is 13.5. The van der Waals surface area contributed by atoms with Crippen LogP contribution in [0, 0.1) is 11.3 Å². The van der Waals surface area contributed by atoms with E-state index in [0.717, 1.165) is 6.54 Å². The van der Waals surface area contributed by atoms with Gasteiger partial charge in [0.25, 0.3) is 0 Å². The monoisotopic (exact) mass is 368 g/mol. The molecule has 1 nitrogen and oxygen atoms in total. The maximum atomic E-state index is 2.62. The second-order valence-electron chi connectivity index (χ2n) is 8.64. The minimum Gasteiger partial charge on any atom is -0.194 e. The van der Waals surface area contributed by atoms with Crippen molar-refractivity contribution in [3.8, 4) is 0 Å². The molecule has 0 radical (unpaired) electrons. The summed E-state index contributed by atoms with van der Waals surface area (Å²) in [5.41, 5.74) is 6.00. The summed E-state index contributed by atoms with van der Waals surface area (Å²) in [4.78, 5) is 0. The number of nitrogens with zero attached hydrogens (tertiary/aromatic N) is 1. The lowest BCUT2D eigenvalue weighted by molar-refractivity contribution is -0.703. The summed E-state index contributed by atoms with van der Waals surface area (Å²) in [7, 11) is 0. The Morgan fingerprint density at radius 3 is 2.61 bits per heavy atom. The minimum absolute atomic E-state index is 0.307. The number of benzene rings is 1. The Balaban J connectivity index is 1.67. The fourth-order valence-corrected chi connectivity index (χ4v) is 5.65. The molecule has 0 saturated carbocycles. The number of hydrogen-bond acceptors (Lipinski definition) is 0. The molecule has 1 aromatic carbocycles. The topological polar surface area (TPSA) is 3.88 Å². The average Bonchev–Trinajstić information content (AvgIpc) is 2.78. The van der Waals surface area contributed by atoms with Crippen molar-refractivity contribution in [2.75, 3.05) is 0 Å². The molecule has 1 aromatic heterocycles. The number of rotatable bonds is 3. The molecule has 3 aliphatic rings. The zero-order chi connectivity index (χ0) is 19.1. The quantitative estimate of drug-likeness (QED) is 0.550. The van der Waals surface area contributed by atoms with Gasteiger partial charge in [-0.05, 0) is 49.0 Å². The van der Waals surface area contributed by atoms with Crippen LogP contribution >= 0.6 is 0 Å². The average molecular weight is 369 g/mol. The summed E-state index contributed by atoms with van der Waals surface area (Å²) in [5, 5.41) is 1.35. The van der Waals surface area contributed by atoms with Gasteiger partial charge in [0.1, 0.15) is 0 Å². The molecule has 2 aromatic rings. The first-order chi connectivity index (χ1) is 13.8. The Labute approximate surface area is 168 Å². The molecule has 2 aliphatic carbocycles. The van der Waals surface area contributed by atoms with E-state index >= 15 is 0 Å². The van der Waals surface area contributed by atoms with E-state index in [2.05, 4.69) is 91.3 Å². The molecule has 1 aliphatic heterocycles. The first-order valence-corrected chi connectivity index (χ1v) is 10.9. The van der Waals surface area contributed by atoms with Gasteiger partial charge in [0.05, 0.1) is 5.92 Å². The molecule has 0 amide bonds. The smallest absolute Gasteiger partial charge is 0.194 e. The highest BCUT2D eigenvalue weighted by atomic mass is 15.0. The van der Waals surface area contributed by atoms with Crippen LogP contribution in [0.2, 0.25) is 0 Å².